The molecule has 0 spiro atoms. The Morgan fingerprint density at radius 3 is 2.25 bits per heavy atom. The number of halogens is 1. The molecule has 1 fully saturated rings. The number of allylic oxidation sites excluding steroid dienone is 2. The summed E-state index contributed by atoms with van der Waals surface area (Å²) in [6.45, 7) is 13.4. The molecule has 4 heterocycles. The number of hydrazone groups is 1. The number of piperazine rings is 1. The van der Waals surface area contributed by atoms with E-state index in [-0.39, 0.29) is 83.1 Å². The monoisotopic (exact) mass is 874 g/mol. The molecular formula is C43H59ClN4O13. The Balaban J connectivity index is 0.00000819. The van der Waals surface area contributed by atoms with E-state index >= 15 is 0 Å². The molecule has 61 heavy (non-hydrogen) atoms. The number of aliphatic hydroxyl groups excluding tert-OH is 2. The number of quaternary nitrogens is 1. The van der Waals surface area contributed by atoms with Crippen LogP contribution in [0.15, 0.2) is 41.2 Å². The highest BCUT2D eigenvalue weighted by molar-refractivity contribution is 6.23. The van der Waals surface area contributed by atoms with Gasteiger partial charge in [-0.3, -0.25) is 19.4 Å². The number of aliphatic hydroxyl groups is 2. The Bertz CT molecular complexity index is 2130. The Hall–Kier alpha value is -4.91. The van der Waals surface area contributed by atoms with Crippen molar-refractivity contribution in [3.8, 4) is 23.0 Å². The molecule has 0 saturated carbocycles. The van der Waals surface area contributed by atoms with E-state index in [9.17, 15) is 45.1 Å². The number of methoxy groups -OCH3 is 1. The number of rotatable bonds is 4. The van der Waals surface area contributed by atoms with E-state index in [0.717, 1.165) is 0 Å². The minimum atomic E-state index is -2.07. The van der Waals surface area contributed by atoms with Crippen molar-refractivity contribution >= 4 is 52.7 Å². The maximum atomic E-state index is 14.4. The molecule has 0 radical (unpaired) electrons. The number of ether oxygens (including phenoxy) is 4. The van der Waals surface area contributed by atoms with Crippen LogP contribution in [0, 0.1) is 35.8 Å². The largest absolute Gasteiger partial charge is 0.633 e. The average Bonchev–Trinajstić information content (AvgIpc) is 3.46. The van der Waals surface area contributed by atoms with E-state index in [4.69, 9.17) is 18.9 Å². The lowest BCUT2D eigenvalue weighted by molar-refractivity contribution is -0.865. The Kier molecular flexibility index (Phi) is 15.2. The van der Waals surface area contributed by atoms with Crippen LogP contribution >= 0.6 is 12.4 Å². The molecule has 5 bridgehead atoms. The summed E-state index contributed by atoms with van der Waals surface area (Å²) in [7, 11) is 2.98. The number of nitrogens with one attached hydrogen (secondary N) is 1. The van der Waals surface area contributed by atoms with Gasteiger partial charge in [0, 0.05) is 61.2 Å². The number of likely N-dealkylation sites (N-methyl/N-ethyl adjacent to an activating group) is 1. The number of phenols is 3. The Labute approximate surface area is 361 Å². The highest BCUT2D eigenvalue weighted by atomic mass is 35.5. The molecule has 0 unspecified atom stereocenters. The van der Waals surface area contributed by atoms with Crippen molar-refractivity contribution in [1.29, 1.82) is 0 Å². The number of Topliss-reactive ketones (excluding diaryl/α,β-unsaturated/α-hetero) is 1. The molecule has 6 N–H and O–H groups in total. The third-order valence-corrected chi connectivity index (χ3v) is 12.0. The fourth-order valence-corrected chi connectivity index (χ4v) is 8.00. The van der Waals surface area contributed by atoms with E-state index < -0.39 is 93.4 Å². The minimum absolute atomic E-state index is 0. The number of ketones is 1. The zero-order valence-electron chi connectivity index (χ0n) is 36.2. The van der Waals surface area contributed by atoms with Gasteiger partial charge in [-0.1, -0.05) is 45.9 Å². The quantitative estimate of drug-likeness (QED) is 0.0606. The first-order valence-corrected chi connectivity index (χ1v) is 20.0. The zero-order valence-corrected chi connectivity index (χ0v) is 37.0. The third-order valence-electron chi connectivity index (χ3n) is 12.0. The smallest absolute Gasteiger partial charge is 0.312 e. The van der Waals surface area contributed by atoms with Crippen molar-refractivity contribution in [2.45, 2.75) is 85.6 Å². The van der Waals surface area contributed by atoms with Crippen LogP contribution in [-0.2, 0) is 23.8 Å². The highest BCUT2D eigenvalue weighted by Gasteiger charge is 2.50. The molecule has 1 saturated heterocycles. The van der Waals surface area contributed by atoms with Crippen LogP contribution in [0.5, 0.6) is 23.0 Å². The van der Waals surface area contributed by atoms with Crippen molar-refractivity contribution in [2.75, 3.05) is 45.7 Å². The van der Waals surface area contributed by atoms with Gasteiger partial charge in [-0.15, -0.1) is 12.4 Å². The number of carbonyl (C=O) groups excluding carboxylic acids is 3. The number of hydroxylamine groups is 3. The fraction of sp³-hybridized carbons (Fsp3) is 0.535. The Morgan fingerprint density at radius 1 is 1.00 bits per heavy atom. The number of anilines is 1. The molecule has 9 atom stereocenters. The van der Waals surface area contributed by atoms with Gasteiger partial charge in [0.25, 0.3) is 11.7 Å². The molecular weight excluding hydrogens is 816 g/mol. The minimum Gasteiger partial charge on any atom is -0.633 e. The van der Waals surface area contributed by atoms with Crippen LogP contribution in [-0.4, -0.2) is 130 Å². The van der Waals surface area contributed by atoms with Crippen molar-refractivity contribution in [3.63, 3.8) is 0 Å². The van der Waals surface area contributed by atoms with Crippen LogP contribution in [0.25, 0.3) is 10.8 Å². The second-order valence-electron chi connectivity index (χ2n) is 16.6. The lowest BCUT2D eigenvalue weighted by Gasteiger charge is -2.44. The lowest BCUT2D eigenvalue weighted by Crippen LogP contribution is -2.52. The van der Waals surface area contributed by atoms with E-state index in [1.165, 1.54) is 59.4 Å². The number of esters is 1. The van der Waals surface area contributed by atoms with Gasteiger partial charge >= 0.3 is 11.8 Å². The van der Waals surface area contributed by atoms with Crippen molar-refractivity contribution in [2.24, 2.45) is 28.8 Å². The summed E-state index contributed by atoms with van der Waals surface area (Å²) in [6, 6.07) is 0. The van der Waals surface area contributed by atoms with E-state index in [0.29, 0.717) is 0 Å². The van der Waals surface area contributed by atoms with Gasteiger partial charge in [0.1, 0.15) is 23.4 Å². The number of benzene rings is 2. The van der Waals surface area contributed by atoms with Gasteiger partial charge < -0.3 is 59.7 Å². The number of phenolic OH excluding ortho intramolecular Hbond substituents is 3. The lowest BCUT2D eigenvalue weighted by atomic mass is 9.78. The first kappa shape index (κ1) is 48.8. The summed E-state index contributed by atoms with van der Waals surface area (Å²) < 4.78 is 23.1. The van der Waals surface area contributed by atoms with Crippen molar-refractivity contribution in [1.82, 2.24) is 5.01 Å². The molecule has 6 rings (SSSR count). The molecule has 17 nitrogen and oxygen atoms in total. The number of hydrogen-bond acceptors (Lipinski definition) is 15. The second-order valence-corrected chi connectivity index (χ2v) is 16.6. The van der Waals surface area contributed by atoms with E-state index in [1.54, 1.807) is 51.9 Å². The third kappa shape index (κ3) is 9.77. The molecule has 0 aromatic heterocycles. The standard InChI is InChI=1S/C43H58N4O13.ClH/c1-21-12-11-13-22(2)42(55)45-33-28(20-44-46-15-17-47(9,56)18-16-46)37(52)30-31(38(33)53)36(51)26(6)40-32(30)41(54)43(8,60-40)58-19-14-29(57-10)23(3)39(59-27(7)48)25(5)35(50)24(4)34(21)49;/h11-14,19-21,23-25,29,34-35,39,49-53H,15-18H2,1-10H3,(H,45,55);1H/b12-11+,19-14+,22-13-,44-20+;/t21-,23+,24+,25+,29-,34-,35+,39+,43-;/m0./s1. The topological polar surface area (TPSA) is 240 Å². The number of nitrogens with zero attached hydrogens (tertiary/aromatic N) is 3. The van der Waals surface area contributed by atoms with Crippen molar-refractivity contribution < 1.29 is 63.5 Å². The second kappa shape index (κ2) is 19.0. The number of aromatic hydroxyl groups is 3. The number of carbonyl (C=O) groups is 3. The predicted octanol–water partition coefficient (Wildman–Crippen LogP) is 4.77. The van der Waals surface area contributed by atoms with Gasteiger partial charge in [-0.05, 0) is 19.9 Å². The molecule has 2 aromatic rings. The normalized spacial score (nSPS) is 31.8. The maximum absolute atomic E-state index is 14.4. The van der Waals surface area contributed by atoms with Crippen LogP contribution < -0.4 is 10.1 Å². The summed E-state index contributed by atoms with van der Waals surface area (Å²) in [5.74, 6) is -8.69. The summed E-state index contributed by atoms with van der Waals surface area (Å²) in [6.07, 6.45) is 4.60. The molecule has 2 aromatic carbocycles. The van der Waals surface area contributed by atoms with Crippen LogP contribution in [0.4, 0.5) is 5.69 Å². The first-order valence-electron chi connectivity index (χ1n) is 20.0. The molecule has 4 aliphatic heterocycles. The molecule has 4 aliphatic rings. The van der Waals surface area contributed by atoms with Crippen LogP contribution in [0.1, 0.15) is 70.0 Å². The van der Waals surface area contributed by atoms with Crippen molar-refractivity contribution in [3.05, 3.63) is 58.0 Å². The molecule has 336 valence electrons. The zero-order chi connectivity index (χ0) is 44.6. The molecule has 18 heteroatoms. The van der Waals surface area contributed by atoms with E-state index in [2.05, 4.69) is 10.4 Å². The summed E-state index contributed by atoms with van der Waals surface area (Å²) in [4.78, 5) is 40.5. The van der Waals surface area contributed by atoms with Gasteiger partial charge in [-0.25, -0.2) is 0 Å². The maximum Gasteiger partial charge on any atom is 0.312 e. The van der Waals surface area contributed by atoms with Gasteiger partial charge in [0.2, 0.25) is 0 Å². The van der Waals surface area contributed by atoms with Gasteiger partial charge in [-0.2, -0.15) is 5.10 Å². The average molecular weight is 875 g/mol. The Morgan fingerprint density at radius 2 is 1.64 bits per heavy atom. The van der Waals surface area contributed by atoms with E-state index in [1.807, 2.05) is 0 Å². The number of amides is 1. The fourth-order valence-electron chi connectivity index (χ4n) is 8.00. The molecule has 0 aliphatic carbocycles. The SMILES string of the molecule is CO[C@H]1/C=C/O[C@@]2(C)Oc3c(C)c(O)c4c(O)c(c(/C=N/N5CC[N+](C)([O-])CC5)c(O)c4c3C2=O)NC(=O)/C(C)=C\C=C\[C@H](C)[C@H](O)[C@@H](C)[C@@H](O)[C@@H](C)[C@H](OC(C)=O)[C@@H]1C.Cl. The molecule has 1 amide bonds. The van der Waals surface area contributed by atoms with Gasteiger partial charge in [0.05, 0.1) is 86.2 Å². The summed E-state index contributed by atoms with van der Waals surface area (Å²) in [5, 5.41) is 78.9. The number of hydrogen-bond donors (Lipinski definition) is 6. The van der Waals surface area contributed by atoms with Crippen LogP contribution in [0.2, 0.25) is 0 Å². The highest BCUT2D eigenvalue weighted by Crippen LogP contribution is 2.55. The van der Waals surface area contributed by atoms with Crippen LogP contribution in [0.3, 0.4) is 0 Å². The summed E-state index contributed by atoms with van der Waals surface area (Å²) >= 11 is 0. The summed E-state index contributed by atoms with van der Waals surface area (Å²) in [5.41, 5.74) is -0.581. The first-order chi connectivity index (χ1) is 28.0. The van der Waals surface area contributed by atoms with Gasteiger partial charge in [0.15, 0.2) is 5.75 Å². The number of fused-ring (bicyclic) bond motifs is 14. The predicted molar refractivity (Wildman–Crippen MR) is 230 cm³/mol.